The van der Waals surface area contributed by atoms with Crippen LogP contribution in [0.25, 0.3) is 0 Å². The maximum Gasteiger partial charge on any atom is 0.232 e. The number of sulfonamides is 1. The van der Waals surface area contributed by atoms with Crippen molar-refractivity contribution in [1.82, 2.24) is 5.32 Å². The number of amides is 1. The van der Waals surface area contributed by atoms with Crippen molar-refractivity contribution in [2.24, 2.45) is 0 Å². The first-order valence-corrected chi connectivity index (χ1v) is 11.6. The van der Waals surface area contributed by atoms with Gasteiger partial charge in [0.1, 0.15) is 0 Å². The number of nitrogens with one attached hydrogen (secondary N) is 1. The number of rotatable bonds is 10. The van der Waals surface area contributed by atoms with Crippen molar-refractivity contribution in [2.75, 3.05) is 31.3 Å². The molecule has 158 valence electrons. The molecule has 0 radical (unpaired) electrons. The average molecular weight is 485 g/mol. The minimum atomic E-state index is -3.44. The van der Waals surface area contributed by atoms with Crippen molar-refractivity contribution in [3.63, 3.8) is 0 Å². The summed E-state index contributed by atoms with van der Waals surface area (Å²) >= 11 is 3.33. The standard InChI is InChI=1S/C20H25BrN2O5S/c1-27-18-11-6-15(13-19(18)28-2)14-22-20(24)5-4-12-23(29(3,25)26)17-9-7-16(21)8-10-17/h6-11,13H,4-5,12,14H2,1-3H3,(H,22,24). The largest absolute Gasteiger partial charge is 0.493 e. The number of carbonyl (C=O) groups excluding carboxylic acids is 1. The van der Waals surface area contributed by atoms with E-state index in [1.165, 1.54) is 4.31 Å². The third-order valence-corrected chi connectivity index (χ3v) is 5.94. The van der Waals surface area contributed by atoms with Gasteiger partial charge in [0, 0.05) is 24.0 Å². The van der Waals surface area contributed by atoms with Crippen LogP contribution in [0.3, 0.4) is 0 Å². The highest BCUT2D eigenvalue weighted by Crippen LogP contribution is 2.27. The summed E-state index contributed by atoms with van der Waals surface area (Å²) < 4.78 is 36.8. The van der Waals surface area contributed by atoms with Crippen molar-refractivity contribution in [1.29, 1.82) is 0 Å². The molecule has 1 amide bonds. The Hall–Kier alpha value is -2.26. The van der Waals surface area contributed by atoms with Crippen LogP contribution in [0.15, 0.2) is 46.9 Å². The Morgan fingerprint density at radius 1 is 1.07 bits per heavy atom. The molecule has 2 aromatic rings. The van der Waals surface area contributed by atoms with Crippen LogP contribution in [-0.2, 0) is 21.4 Å². The van der Waals surface area contributed by atoms with Crippen molar-refractivity contribution < 1.29 is 22.7 Å². The lowest BCUT2D eigenvalue weighted by molar-refractivity contribution is -0.121. The van der Waals surface area contributed by atoms with E-state index in [0.717, 1.165) is 16.3 Å². The predicted molar refractivity (Wildman–Crippen MR) is 117 cm³/mol. The fourth-order valence-corrected chi connectivity index (χ4v) is 3.99. The van der Waals surface area contributed by atoms with Crippen LogP contribution in [0.1, 0.15) is 18.4 Å². The van der Waals surface area contributed by atoms with E-state index in [4.69, 9.17) is 9.47 Å². The van der Waals surface area contributed by atoms with Gasteiger partial charge in [-0.2, -0.15) is 0 Å². The summed E-state index contributed by atoms with van der Waals surface area (Å²) in [6, 6.07) is 12.4. The number of benzene rings is 2. The molecule has 0 spiro atoms. The third-order valence-electron chi connectivity index (χ3n) is 4.22. The van der Waals surface area contributed by atoms with E-state index < -0.39 is 10.0 Å². The Morgan fingerprint density at radius 3 is 2.31 bits per heavy atom. The van der Waals surface area contributed by atoms with Gasteiger partial charge in [-0.3, -0.25) is 9.10 Å². The van der Waals surface area contributed by atoms with E-state index in [0.29, 0.717) is 30.2 Å². The van der Waals surface area contributed by atoms with Crippen LogP contribution in [0.4, 0.5) is 5.69 Å². The molecular weight excluding hydrogens is 460 g/mol. The quantitative estimate of drug-likeness (QED) is 0.558. The minimum Gasteiger partial charge on any atom is -0.493 e. The van der Waals surface area contributed by atoms with Crippen molar-refractivity contribution in [3.05, 3.63) is 52.5 Å². The first-order valence-electron chi connectivity index (χ1n) is 8.95. The molecule has 0 saturated carbocycles. The van der Waals surface area contributed by atoms with Crippen molar-refractivity contribution in [3.8, 4) is 11.5 Å². The molecule has 29 heavy (non-hydrogen) atoms. The summed E-state index contributed by atoms with van der Waals surface area (Å²) in [7, 11) is -0.320. The van der Waals surface area contributed by atoms with Crippen LogP contribution in [0.2, 0.25) is 0 Å². The van der Waals surface area contributed by atoms with Gasteiger partial charge >= 0.3 is 0 Å². The summed E-state index contributed by atoms with van der Waals surface area (Å²) in [6.45, 7) is 0.575. The molecule has 0 heterocycles. The van der Waals surface area contributed by atoms with E-state index >= 15 is 0 Å². The molecule has 0 aliphatic heterocycles. The molecule has 0 unspecified atom stereocenters. The van der Waals surface area contributed by atoms with Crippen LogP contribution >= 0.6 is 15.9 Å². The number of nitrogens with zero attached hydrogens (tertiary/aromatic N) is 1. The summed E-state index contributed by atoms with van der Waals surface area (Å²) in [6.07, 6.45) is 1.78. The second kappa shape index (κ2) is 10.5. The van der Waals surface area contributed by atoms with Gasteiger partial charge in [0.2, 0.25) is 15.9 Å². The molecule has 2 rings (SSSR count). The Balaban J connectivity index is 1.88. The predicted octanol–water partition coefficient (Wildman–Crippen LogP) is 3.33. The highest BCUT2D eigenvalue weighted by molar-refractivity contribution is 9.10. The van der Waals surface area contributed by atoms with E-state index in [1.807, 2.05) is 6.07 Å². The monoisotopic (exact) mass is 484 g/mol. The lowest BCUT2D eigenvalue weighted by Gasteiger charge is -2.22. The number of ether oxygens (including phenoxy) is 2. The zero-order valence-corrected chi connectivity index (χ0v) is 19.0. The van der Waals surface area contributed by atoms with Crippen LogP contribution in [-0.4, -0.2) is 41.3 Å². The van der Waals surface area contributed by atoms with Gasteiger partial charge < -0.3 is 14.8 Å². The van der Waals surface area contributed by atoms with Gasteiger partial charge in [-0.15, -0.1) is 0 Å². The normalized spacial score (nSPS) is 11.0. The number of hydrogen-bond acceptors (Lipinski definition) is 5. The second-order valence-corrected chi connectivity index (χ2v) is 9.20. The van der Waals surface area contributed by atoms with E-state index in [9.17, 15) is 13.2 Å². The maximum absolute atomic E-state index is 12.2. The molecule has 0 aliphatic carbocycles. The molecule has 2 aromatic carbocycles. The molecule has 0 aliphatic rings. The van der Waals surface area contributed by atoms with Gasteiger partial charge in [-0.05, 0) is 48.4 Å². The summed E-state index contributed by atoms with van der Waals surface area (Å²) in [5, 5.41) is 2.84. The molecule has 0 bridgehead atoms. The van der Waals surface area contributed by atoms with Gasteiger partial charge in [0.15, 0.2) is 11.5 Å². The average Bonchev–Trinajstić information content (AvgIpc) is 2.69. The van der Waals surface area contributed by atoms with E-state index in [-0.39, 0.29) is 18.9 Å². The molecule has 0 atom stereocenters. The number of hydrogen-bond donors (Lipinski definition) is 1. The van der Waals surface area contributed by atoms with Gasteiger partial charge in [0.05, 0.1) is 26.2 Å². The summed E-state index contributed by atoms with van der Waals surface area (Å²) in [5.41, 5.74) is 1.45. The lowest BCUT2D eigenvalue weighted by Crippen LogP contribution is -2.32. The first kappa shape index (κ1) is 23.0. The highest BCUT2D eigenvalue weighted by Gasteiger charge is 2.17. The Morgan fingerprint density at radius 2 is 1.72 bits per heavy atom. The SMILES string of the molecule is COc1ccc(CNC(=O)CCCN(c2ccc(Br)cc2)S(C)(=O)=O)cc1OC. The summed E-state index contributed by atoms with van der Waals surface area (Å²) in [5.74, 6) is 1.07. The maximum atomic E-state index is 12.2. The number of carbonyl (C=O) groups is 1. The van der Waals surface area contributed by atoms with Crippen molar-refractivity contribution >= 4 is 37.5 Å². The number of anilines is 1. The molecule has 7 nitrogen and oxygen atoms in total. The molecule has 0 saturated heterocycles. The molecule has 0 aromatic heterocycles. The smallest absolute Gasteiger partial charge is 0.232 e. The van der Waals surface area contributed by atoms with Gasteiger partial charge in [0.25, 0.3) is 0 Å². The number of halogens is 1. The topological polar surface area (TPSA) is 84.9 Å². The van der Waals surface area contributed by atoms with Gasteiger partial charge in [-0.1, -0.05) is 22.0 Å². The van der Waals surface area contributed by atoms with Crippen LogP contribution in [0.5, 0.6) is 11.5 Å². The molecule has 0 fully saturated rings. The summed E-state index contributed by atoms with van der Waals surface area (Å²) in [4.78, 5) is 12.2. The minimum absolute atomic E-state index is 0.149. The van der Waals surface area contributed by atoms with Crippen LogP contribution in [0, 0.1) is 0 Å². The highest BCUT2D eigenvalue weighted by atomic mass is 79.9. The van der Waals surface area contributed by atoms with Crippen molar-refractivity contribution in [2.45, 2.75) is 19.4 Å². The van der Waals surface area contributed by atoms with Gasteiger partial charge in [-0.25, -0.2) is 8.42 Å². The second-order valence-electron chi connectivity index (χ2n) is 6.38. The first-order chi connectivity index (χ1) is 13.7. The lowest BCUT2D eigenvalue weighted by atomic mass is 10.2. The Labute approximate surface area is 180 Å². The molecular formula is C20H25BrN2O5S. The van der Waals surface area contributed by atoms with Crippen LogP contribution < -0.4 is 19.1 Å². The van der Waals surface area contributed by atoms with E-state index in [1.54, 1.807) is 50.6 Å². The fraction of sp³-hybridized carbons (Fsp3) is 0.350. The van der Waals surface area contributed by atoms with E-state index in [2.05, 4.69) is 21.2 Å². The number of methoxy groups -OCH3 is 2. The Kier molecular flexibility index (Phi) is 8.33. The zero-order valence-electron chi connectivity index (χ0n) is 16.6. The fourth-order valence-electron chi connectivity index (χ4n) is 2.76. The Bertz CT molecular complexity index is 932. The molecule has 9 heteroatoms. The molecule has 1 N–H and O–H groups in total. The zero-order chi connectivity index (χ0) is 21.4. The third kappa shape index (κ3) is 6.93.